The fourth-order valence-corrected chi connectivity index (χ4v) is 3.29. The number of nitrogens with zero attached hydrogens (tertiary/aromatic N) is 2. The standard InChI is InChI=1S/C22H18N2O2/c1-15-23-20-8-4-5-9-21(20)24(15)14-16-10-12-17(13-11-16)18-6-2-3-7-19(18)22(25)26/h2-13H,14H2,1H3,(H,25,26). The Kier molecular flexibility index (Phi) is 4.01. The molecule has 0 saturated heterocycles. The van der Waals surface area contributed by atoms with Crippen molar-refractivity contribution in [2.45, 2.75) is 13.5 Å². The van der Waals surface area contributed by atoms with Crippen LogP contribution in [0.1, 0.15) is 21.7 Å². The van der Waals surface area contributed by atoms with Gasteiger partial charge in [0.05, 0.1) is 16.6 Å². The molecule has 26 heavy (non-hydrogen) atoms. The summed E-state index contributed by atoms with van der Waals surface area (Å²) in [6, 6.07) is 23.2. The van der Waals surface area contributed by atoms with Crippen molar-refractivity contribution in [3.05, 3.63) is 89.7 Å². The van der Waals surface area contributed by atoms with Crippen LogP contribution >= 0.6 is 0 Å². The summed E-state index contributed by atoms with van der Waals surface area (Å²) in [4.78, 5) is 16.0. The van der Waals surface area contributed by atoms with E-state index < -0.39 is 5.97 Å². The Bertz CT molecular complexity index is 1090. The molecule has 1 N–H and O–H groups in total. The van der Waals surface area contributed by atoms with Gasteiger partial charge in [-0.2, -0.15) is 0 Å². The molecule has 4 nitrogen and oxygen atoms in total. The van der Waals surface area contributed by atoms with Crippen LogP contribution in [0.3, 0.4) is 0 Å². The van der Waals surface area contributed by atoms with Crippen molar-refractivity contribution in [1.29, 1.82) is 0 Å². The minimum absolute atomic E-state index is 0.316. The van der Waals surface area contributed by atoms with Crippen LogP contribution in [-0.4, -0.2) is 20.6 Å². The van der Waals surface area contributed by atoms with Gasteiger partial charge in [0.15, 0.2) is 0 Å². The number of benzene rings is 3. The van der Waals surface area contributed by atoms with Crippen molar-refractivity contribution in [2.75, 3.05) is 0 Å². The zero-order valence-corrected chi connectivity index (χ0v) is 14.4. The summed E-state index contributed by atoms with van der Waals surface area (Å²) in [6.45, 7) is 2.74. The van der Waals surface area contributed by atoms with Crippen LogP contribution < -0.4 is 0 Å². The second kappa shape index (κ2) is 6.48. The molecule has 1 heterocycles. The van der Waals surface area contributed by atoms with Gasteiger partial charge in [-0.25, -0.2) is 9.78 Å². The molecule has 1 aromatic heterocycles. The molecule has 3 aromatic carbocycles. The van der Waals surface area contributed by atoms with Gasteiger partial charge in [0, 0.05) is 6.54 Å². The molecule has 0 atom stereocenters. The molecule has 0 fully saturated rings. The Labute approximate surface area is 151 Å². The van der Waals surface area contributed by atoms with Gasteiger partial charge in [-0.1, -0.05) is 54.6 Å². The molecular weight excluding hydrogens is 324 g/mol. The first-order chi connectivity index (χ1) is 12.6. The molecule has 128 valence electrons. The molecule has 0 spiro atoms. The normalized spacial score (nSPS) is 11.0. The zero-order chi connectivity index (χ0) is 18.1. The Morgan fingerprint density at radius 2 is 1.65 bits per heavy atom. The number of fused-ring (bicyclic) bond motifs is 1. The number of aromatic carboxylic acids is 1. The van der Waals surface area contributed by atoms with Crippen molar-refractivity contribution in [1.82, 2.24) is 9.55 Å². The Morgan fingerprint density at radius 3 is 2.42 bits per heavy atom. The zero-order valence-electron chi connectivity index (χ0n) is 14.4. The largest absolute Gasteiger partial charge is 0.478 e. The van der Waals surface area contributed by atoms with Crippen molar-refractivity contribution in [3.63, 3.8) is 0 Å². The molecule has 0 unspecified atom stereocenters. The van der Waals surface area contributed by atoms with Gasteiger partial charge in [0.2, 0.25) is 0 Å². The topological polar surface area (TPSA) is 55.1 Å². The molecule has 4 rings (SSSR count). The number of para-hydroxylation sites is 2. The lowest BCUT2D eigenvalue weighted by Crippen LogP contribution is -2.02. The minimum atomic E-state index is -0.912. The highest BCUT2D eigenvalue weighted by atomic mass is 16.4. The van der Waals surface area contributed by atoms with Gasteiger partial charge >= 0.3 is 5.97 Å². The predicted molar refractivity (Wildman–Crippen MR) is 102 cm³/mol. The maximum Gasteiger partial charge on any atom is 0.336 e. The molecule has 0 aliphatic rings. The number of rotatable bonds is 4. The first-order valence-electron chi connectivity index (χ1n) is 8.47. The second-order valence-electron chi connectivity index (χ2n) is 6.28. The van der Waals surface area contributed by atoms with E-state index in [9.17, 15) is 9.90 Å². The molecule has 4 heteroatoms. The van der Waals surface area contributed by atoms with Crippen LogP contribution in [0.5, 0.6) is 0 Å². The minimum Gasteiger partial charge on any atom is -0.478 e. The average Bonchev–Trinajstić information content (AvgIpc) is 2.98. The van der Waals surface area contributed by atoms with Crippen molar-refractivity contribution < 1.29 is 9.90 Å². The van der Waals surface area contributed by atoms with E-state index in [0.717, 1.165) is 40.1 Å². The third-order valence-corrected chi connectivity index (χ3v) is 4.61. The molecule has 0 radical (unpaired) electrons. The van der Waals surface area contributed by atoms with Gasteiger partial charge in [-0.15, -0.1) is 0 Å². The summed E-state index contributed by atoms with van der Waals surface area (Å²) in [6.07, 6.45) is 0. The van der Waals surface area contributed by atoms with E-state index in [1.807, 2.05) is 61.5 Å². The summed E-state index contributed by atoms with van der Waals surface area (Å²) in [5, 5.41) is 9.37. The fourth-order valence-electron chi connectivity index (χ4n) is 3.29. The fraction of sp³-hybridized carbons (Fsp3) is 0.0909. The quantitative estimate of drug-likeness (QED) is 0.582. The number of carboxylic acids is 1. The van der Waals surface area contributed by atoms with Gasteiger partial charge < -0.3 is 9.67 Å². The highest BCUT2D eigenvalue weighted by Crippen LogP contribution is 2.25. The summed E-state index contributed by atoms with van der Waals surface area (Å²) >= 11 is 0. The first kappa shape index (κ1) is 16.1. The van der Waals surface area contributed by atoms with Crippen LogP contribution in [0.15, 0.2) is 72.8 Å². The van der Waals surface area contributed by atoms with Crippen LogP contribution in [0, 0.1) is 6.92 Å². The van der Waals surface area contributed by atoms with Gasteiger partial charge in [-0.3, -0.25) is 0 Å². The smallest absolute Gasteiger partial charge is 0.336 e. The Morgan fingerprint density at radius 1 is 0.962 bits per heavy atom. The molecule has 4 aromatic rings. The molecule has 0 saturated carbocycles. The van der Waals surface area contributed by atoms with E-state index in [0.29, 0.717) is 5.56 Å². The number of aromatic nitrogens is 2. The van der Waals surface area contributed by atoms with Gasteiger partial charge in [0.1, 0.15) is 5.82 Å². The monoisotopic (exact) mass is 342 g/mol. The number of aryl methyl sites for hydroxylation is 1. The number of carboxylic acid groups (broad SMARTS) is 1. The van der Waals surface area contributed by atoms with E-state index in [4.69, 9.17) is 0 Å². The number of carbonyl (C=O) groups is 1. The van der Waals surface area contributed by atoms with Gasteiger partial charge in [0.25, 0.3) is 0 Å². The summed E-state index contributed by atoms with van der Waals surface area (Å²) in [7, 11) is 0. The van der Waals surface area contributed by atoms with E-state index in [-0.39, 0.29) is 0 Å². The van der Waals surface area contributed by atoms with Gasteiger partial charge in [-0.05, 0) is 41.8 Å². The maximum atomic E-state index is 11.4. The van der Waals surface area contributed by atoms with E-state index in [1.54, 1.807) is 12.1 Å². The molecule has 0 amide bonds. The summed E-state index contributed by atoms with van der Waals surface area (Å²) in [5.41, 5.74) is 5.21. The number of imidazole rings is 1. The lowest BCUT2D eigenvalue weighted by molar-refractivity contribution is 0.0697. The van der Waals surface area contributed by atoms with Crippen LogP contribution in [0.4, 0.5) is 0 Å². The molecule has 0 aliphatic heterocycles. The Hall–Kier alpha value is -3.40. The second-order valence-corrected chi connectivity index (χ2v) is 6.28. The predicted octanol–water partition coefficient (Wildman–Crippen LogP) is 4.76. The lowest BCUT2D eigenvalue weighted by atomic mass is 9.99. The van der Waals surface area contributed by atoms with Crippen LogP contribution in [0.25, 0.3) is 22.2 Å². The third-order valence-electron chi connectivity index (χ3n) is 4.61. The van der Waals surface area contributed by atoms with Crippen molar-refractivity contribution in [3.8, 4) is 11.1 Å². The van der Waals surface area contributed by atoms with Crippen LogP contribution in [-0.2, 0) is 6.54 Å². The summed E-state index contributed by atoms with van der Waals surface area (Å²) < 4.78 is 2.19. The van der Waals surface area contributed by atoms with Crippen molar-refractivity contribution in [2.24, 2.45) is 0 Å². The van der Waals surface area contributed by atoms with E-state index >= 15 is 0 Å². The number of hydrogen-bond acceptors (Lipinski definition) is 2. The first-order valence-corrected chi connectivity index (χ1v) is 8.47. The van der Waals surface area contributed by atoms with E-state index in [1.165, 1.54) is 0 Å². The highest BCUT2D eigenvalue weighted by Gasteiger charge is 2.11. The SMILES string of the molecule is Cc1nc2ccccc2n1Cc1ccc(-c2ccccc2C(=O)O)cc1. The Balaban J connectivity index is 1.67. The maximum absolute atomic E-state index is 11.4. The molecular formula is C22H18N2O2. The molecule has 0 bridgehead atoms. The molecule has 0 aliphatic carbocycles. The highest BCUT2D eigenvalue weighted by molar-refractivity contribution is 5.96. The lowest BCUT2D eigenvalue weighted by Gasteiger charge is -2.10. The van der Waals surface area contributed by atoms with Crippen LogP contribution in [0.2, 0.25) is 0 Å². The van der Waals surface area contributed by atoms with E-state index in [2.05, 4.69) is 15.6 Å². The number of hydrogen-bond donors (Lipinski definition) is 1. The summed E-state index contributed by atoms with van der Waals surface area (Å²) in [5.74, 6) is 0.0664. The average molecular weight is 342 g/mol. The third kappa shape index (κ3) is 2.86. The van der Waals surface area contributed by atoms with Crippen molar-refractivity contribution >= 4 is 17.0 Å².